The van der Waals surface area contributed by atoms with Gasteiger partial charge in [-0.05, 0) is 12.1 Å². The van der Waals surface area contributed by atoms with E-state index in [0.29, 0.717) is 13.1 Å². The van der Waals surface area contributed by atoms with Crippen molar-refractivity contribution in [2.75, 3.05) is 44.7 Å². The Kier molecular flexibility index (Phi) is 6.85. The molecule has 1 amide bonds. The van der Waals surface area contributed by atoms with E-state index in [1.165, 1.54) is 6.20 Å². The molecule has 2 N–H and O–H groups in total. The van der Waals surface area contributed by atoms with Gasteiger partial charge in [-0.1, -0.05) is 12.1 Å². The van der Waals surface area contributed by atoms with Crippen molar-refractivity contribution >= 4 is 17.6 Å². The zero-order valence-electron chi connectivity index (χ0n) is 14.6. The first-order valence-electron chi connectivity index (χ1n) is 8.29. The van der Waals surface area contributed by atoms with Gasteiger partial charge in [0, 0.05) is 38.9 Å². The average Bonchev–Trinajstić information content (AvgIpc) is 2.66. The Morgan fingerprint density at radius 2 is 2.00 bits per heavy atom. The highest BCUT2D eigenvalue weighted by atomic mass is 16.5. The number of rotatable bonds is 7. The summed E-state index contributed by atoms with van der Waals surface area (Å²) < 4.78 is 5.39. The van der Waals surface area contributed by atoms with E-state index < -0.39 is 11.9 Å². The Morgan fingerprint density at radius 1 is 1.31 bits per heavy atom. The summed E-state index contributed by atoms with van der Waals surface area (Å²) in [5, 5.41) is 20.2. The van der Waals surface area contributed by atoms with Crippen LogP contribution in [0.25, 0.3) is 0 Å². The van der Waals surface area contributed by atoms with E-state index in [9.17, 15) is 14.9 Å². The summed E-state index contributed by atoms with van der Waals surface area (Å²) in [5.41, 5.74) is 0.992. The van der Waals surface area contributed by atoms with E-state index in [2.05, 4.69) is 10.2 Å². The lowest BCUT2D eigenvalue weighted by atomic mass is 10.2. The van der Waals surface area contributed by atoms with Crippen LogP contribution in [0.5, 0.6) is 5.75 Å². The maximum atomic E-state index is 12.0. The number of hydrogen-bond acceptors (Lipinski definition) is 6. The minimum Gasteiger partial charge on any atom is -0.495 e. The van der Waals surface area contributed by atoms with Gasteiger partial charge in [-0.25, -0.2) is 0 Å². The summed E-state index contributed by atoms with van der Waals surface area (Å²) in [6.07, 6.45) is 1.36. The standard InChI is InChI=1S/C18H22N4O4/c1-26-16-5-3-2-4-15(16)22-10-8-21(9-11-22)13-14(12-19)18(25)20-7-6-17(23)24/h2-5,13H,6-11H2,1H3,(H,20,25)(H,23,24)/b14-13-. The highest BCUT2D eigenvalue weighted by Crippen LogP contribution is 2.28. The quantitative estimate of drug-likeness (QED) is 0.549. The second-order valence-corrected chi connectivity index (χ2v) is 5.75. The minimum absolute atomic E-state index is 0.00519. The van der Waals surface area contributed by atoms with Crippen molar-refractivity contribution in [1.29, 1.82) is 5.26 Å². The SMILES string of the molecule is COc1ccccc1N1CCN(/C=C(/C#N)C(=O)NCCC(=O)O)CC1. The van der Waals surface area contributed by atoms with Crippen LogP contribution in [0.15, 0.2) is 36.0 Å². The van der Waals surface area contributed by atoms with Crippen molar-refractivity contribution in [3.8, 4) is 11.8 Å². The van der Waals surface area contributed by atoms with Gasteiger partial charge in [-0.2, -0.15) is 5.26 Å². The molecule has 0 aliphatic carbocycles. The number of nitrogens with one attached hydrogen (secondary N) is 1. The van der Waals surface area contributed by atoms with Crippen molar-refractivity contribution in [2.24, 2.45) is 0 Å². The number of para-hydroxylation sites is 2. The number of hydrogen-bond donors (Lipinski definition) is 2. The average molecular weight is 358 g/mol. The third-order valence-electron chi connectivity index (χ3n) is 4.04. The third kappa shape index (κ3) is 5.14. The van der Waals surface area contributed by atoms with Crippen LogP contribution >= 0.6 is 0 Å². The van der Waals surface area contributed by atoms with E-state index in [-0.39, 0.29) is 18.5 Å². The first-order chi connectivity index (χ1) is 12.5. The molecule has 1 saturated heterocycles. The number of nitriles is 1. The van der Waals surface area contributed by atoms with Crippen molar-refractivity contribution in [3.63, 3.8) is 0 Å². The summed E-state index contributed by atoms with van der Waals surface area (Å²) in [4.78, 5) is 26.5. The number of piperazine rings is 1. The Bertz CT molecular complexity index is 718. The topological polar surface area (TPSA) is 106 Å². The zero-order chi connectivity index (χ0) is 18.9. The number of aliphatic carboxylic acids is 1. The molecule has 1 aromatic rings. The Morgan fingerprint density at radius 3 is 2.62 bits per heavy atom. The summed E-state index contributed by atoms with van der Waals surface area (Å²) in [5.74, 6) is -0.742. The highest BCUT2D eigenvalue weighted by molar-refractivity contribution is 5.97. The Balaban J connectivity index is 1.93. The molecule has 2 rings (SSSR count). The molecule has 0 atom stereocenters. The number of carboxylic acids is 1. The van der Waals surface area contributed by atoms with Crippen molar-refractivity contribution < 1.29 is 19.4 Å². The molecule has 1 heterocycles. The van der Waals surface area contributed by atoms with Crippen LogP contribution in [0.2, 0.25) is 0 Å². The van der Waals surface area contributed by atoms with Crippen LogP contribution in [0.4, 0.5) is 5.69 Å². The normalized spacial score (nSPS) is 14.5. The molecule has 26 heavy (non-hydrogen) atoms. The number of carbonyl (C=O) groups excluding carboxylic acids is 1. The number of anilines is 1. The summed E-state index contributed by atoms with van der Waals surface area (Å²) in [6.45, 7) is 2.78. The Labute approximate surface area is 152 Å². The van der Waals surface area contributed by atoms with Crippen molar-refractivity contribution in [2.45, 2.75) is 6.42 Å². The summed E-state index contributed by atoms with van der Waals surface area (Å²) in [6, 6.07) is 9.67. The fraction of sp³-hybridized carbons (Fsp3) is 0.389. The molecule has 1 aliphatic rings. The predicted octanol–water partition coefficient (Wildman–Crippen LogP) is 0.816. The van der Waals surface area contributed by atoms with E-state index >= 15 is 0 Å². The lowest BCUT2D eigenvalue weighted by Crippen LogP contribution is -2.44. The van der Waals surface area contributed by atoms with Crippen LogP contribution in [-0.4, -0.2) is 61.7 Å². The van der Waals surface area contributed by atoms with Crippen LogP contribution in [0, 0.1) is 11.3 Å². The van der Waals surface area contributed by atoms with E-state index in [0.717, 1.165) is 24.5 Å². The van der Waals surface area contributed by atoms with Crippen LogP contribution in [0.1, 0.15) is 6.42 Å². The first-order valence-corrected chi connectivity index (χ1v) is 8.29. The number of carboxylic acid groups (broad SMARTS) is 1. The summed E-state index contributed by atoms with van der Waals surface area (Å²) in [7, 11) is 1.64. The largest absolute Gasteiger partial charge is 0.495 e. The molecule has 0 bridgehead atoms. The lowest BCUT2D eigenvalue weighted by Gasteiger charge is -2.36. The van der Waals surface area contributed by atoms with Gasteiger partial charge in [-0.3, -0.25) is 9.59 Å². The van der Waals surface area contributed by atoms with E-state index in [1.807, 2.05) is 35.2 Å². The van der Waals surface area contributed by atoms with Gasteiger partial charge in [0.1, 0.15) is 17.4 Å². The van der Waals surface area contributed by atoms with Crippen molar-refractivity contribution in [1.82, 2.24) is 10.2 Å². The molecule has 0 saturated carbocycles. The lowest BCUT2D eigenvalue weighted by molar-refractivity contribution is -0.136. The fourth-order valence-corrected chi connectivity index (χ4v) is 2.68. The fourth-order valence-electron chi connectivity index (χ4n) is 2.68. The maximum absolute atomic E-state index is 12.0. The molecular formula is C18H22N4O4. The van der Waals surface area contributed by atoms with Gasteiger partial charge < -0.3 is 25.0 Å². The predicted molar refractivity (Wildman–Crippen MR) is 95.7 cm³/mol. The molecule has 0 spiro atoms. The van der Waals surface area contributed by atoms with E-state index in [1.54, 1.807) is 7.11 Å². The highest BCUT2D eigenvalue weighted by Gasteiger charge is 2.19. The smallest absolute Gasteiger partial charge is 0.305 e. The zero-order valence-corrected chi connectivity index (χ0v) is 14.6. The van der Waals surface area contributed by atoms with Gasteiger partial charge in [0.05, 0.1) is 19.2 Å². The molecule has 8 nitrogen and oxygen atoms in total. The number of benzene rings is 1. The number of nitrogens with zero attached hydrogens (tertiary/aromatic N) is 3. The van der Waals surface area contributed by atoms with Crippen LogP contribution < -0.4 is 15.0 Å². The number of ether oxygens (including phenoxy) is 1. The second-order valence-electron chi connectivity index (χ2n) is 5.75. The molecule has 1 fully saturated rings. The number of methoxy groups -OCH3 is 1. The molecular weight excluding hydrogens is 336 g/mol. The van der Waals surface area contributed by atoms with Crippen LogP contribution in [-0.2, 0) is 9.59 Å². The first kappa shape index (κ1) is 19.1. The van der Waals surface area contributed by atoms with Gasteiger partial charge in [0.15, 0.2) is 0 Å². The second kappa shape index (κ2) is 9.32. The molecule has 1 aliphatic heterocycles. The third-order valence-corrected chi connectivity index (χ3v) is 4.04. The minimum atomic E-state index is -1.000. The van der Waals surface area contributed by atoms with Crippen LogP contribution in [0.3, 0.4) is 0 Å². The van der Waals surface area contributed by atoms with Gasteiger partial charge in [0.2, 0.25) is 0 Å². The number of amides is 1. The van der Waals surface area contributed by atoms with E-state index in [4.69, 9.17) is 9.84 Å². The number of carbonyl (C=O) groups is 2. The van der Waals surface area contributed by atoms with Crippen molar-refractivity contribution in [3.05, 3.63) is 36.0 Å². The van der Waals surface area contributed by atoms with Gasteiger partial charge in [-0.15, -0.1) is 0 Å². The molecule has 0 unspecified atom stereocenters. The molecule has 8 heteroatoms. The maximum Gasteiger partial charge on any atom is 0.305 e. The molecule has 0 aromatic heterocycles. The van der Waals surface area contributed by atoms with Gasteiger partial charge in [0.25, 0.3) is 5.91 Å². The molecule has 0 radical (unpaired) electrons. The monoisotopic (exact) mass is 358 g/mol. The molecule has 138 valence electrons. The summed E-state index contributed by atoms with van der Waals surface area (Å²) >= 11 is 0. The Hall–Kier alpha value is -3.21. The van der Waals surface area contributed by atoms with Gasteiger partial charge >= 0.3 is 5.97 Å². The molecule has 1 aromatic carbocycles.